The lowest BCUT2D eigenvalue weighted by Gasteiger charge is -2.07. The maximum Gasteiger partial charge on any atom is 0.287 e. The number of hydrogen-bond acceptors (Lipinski definition) is 5. The van der Waals surface area contributed by atoms with Gasteiger partial charge in [-0.05, 0) is 42.5 Å². The summed E-state index contributed by atoms with van der Waals surface area (Å²) in [6.45, 7) is -0.0306. The number of hydrogen-bond donors (Lipinski definition) is 1. The number of sulfone groups is 1. The molecule has 0 unspecified atom stereocenters. The lowest BCUT2D eigenvalue weighted by Crippen LogP contribution is -2.31. The molecule has 0 bridgehead atoms. The summed E-state index contributed by atoms with van der Waals surface area (Å²) in [6, 6.07) is 11.3. The summed E-state index contributed by atoms with van der Waals surface area (Å²) in [4.78, 5) is 16.8. The molecule has 142 valence electrons. The highest BCUT2D eigenvalue weighted by atomic mass is 35.5. The number of carbonyl (C=O) groups is 1. The topological polar surface area (TPSA) is 90.3 Å². The summed E-state index contributed by atoms with van der Waals surface area (Å²) in [6.07, 6.45) is 0. The predicted molar refractivity (Wildman–Crippen MR) is 103 cm³/mol. The number of carbonyl (C=O) groups excluding carboxylic acids is 1. The van der Waals surface area contributed by atoms with Gasteiger partial charge in [0.25, 0.3) is 5.91 Å². The van der Waals surface area contributed by atoms with Gasteiger partial charge in [-0.3, -0.25) is 4.79 Å². The van der Waals surface area contributed by atoms with Gasteiger partial charge in [-0.1, -0.05) is 11.6 Å². The van der Waals surface area contributed by atoms with E-state index < -0.39 is 15.7 Å². The van der Waals surface area contributed by atoms with Crippen molar-refractivity contribution in [1.82, 2.24) is 14.9 Å². The molecule has 2 aromatic carbocycles. The molecule has 1 N–H and O–H groups in total. The third-order valence-electron chi connectivity index (χ3n) is 4.12. The van der Waals surface area contributed by atoms with Crippen LogP contribution in [0.25, 0.3) is 11.0 Å². The van der Waals surface area contributed by atoms with Crippen LogP contribution in [0, 0.1) is 0 Å². The summed E-state index contributed by atoms with van der Waals surface area (Å²) in [5, 5.41) is 3.13. The molecule has 1 aromatic heterocycles. The summed E-state index contributed by atoms with van der Waals surface area (Å²) in [7, 11) is -0.296. The van der Waals surface area contributed by atoms with Crippen molar-refractivity contribution in [3.8, 4) is 5.75 Å². The first kappa shape index (κ1) is 19.2. The van der Waals surface area contributed by atoms with Crippen molar-refractivity contribution < 1.29 is 17.9 Å². The Labute approximate surface area is 161 Å². The fraction of sp³-hybridized carbons (Fsp3) is 0.222. The zero-order valence-corrected chi connectivity index (χ0v) is 16.3. The number of methoxy groups -OCH3 is 1. The van der Waals surface area contributed by atoms with Gasteiger partial charge in [-0.15, -0.1) is 0 Å². The van der Waals surface area contributed by atoms with Crippen LogP contribution >= 0.6 is 11.6 Å². The number of rotatable bonds is 6. The molecule has 0 radical (unpaired) electrons. The molecule has 0 aliphatic carbocycles. The molecule has 0 aliphatic rings. The molecular formula is C18H18ClN3O4S. The Kier molecular flexibility index (Phi) is 5.38. The second-order valence-corrected chi connectivity index (χ2v) is 8.42. The van der Waals surface area contributed by atoms with Gasteiger partial charge in [0, 0.05) is 18.6 Å². The Bertz CT molecular complexity index is 1090. The zero-order valence-electron chi connectivity index (χ0n) is 14.8. The van der Waals surface area contributed by atoms with Crippen molar-refractivity contribution in [3.05, 3.63) is 53.3 Å². The molecule has 1 amide bonds. The van der Waals surface area contributed by atoms with Crippen molar-refractivity contribution >= 4 is 38.4 Å². The fourth-order valence-electron chi connectivity index (χ4n) is 2.65. The maximum atomic E-state index is 12.4. The van der Waals surface area contributed by atoms with E-state index in [2.05, 4.69) is 10.3 Å². The molecule has 27 heavy (non-hydrogen) atoms. The van der Waals surface area contributed by atoms with Crippen molar-refractivity contribution in [2.75, 3.05) is 19.4 Å². The number of ether oxygens (including phenoxy) is 1. The number of nitrogens with zero attached hydrogens (tertiary/aromatic N) is 2. The molecule has 9 heteroatoms. The minimum Gasteiger partial charge on any atom is -0.497 e. The van der Waals surface area contributed by atoms with Gasteiger partial charge < -0.3 is 14.6 Å². The molecule has 0 saturated carbocycles. The van der Waals surface area contributed by atoms with Gasteiger partial charge in [0.05, 0.1) is 28.8 Å². The van der Waals surface area contributed by atoms with E-state index in [1.807, 2.05) is 0 Å². The van der Waals surface area contributed by atoms with Gasteiger partial charge >= 0.3 is 0 Å². The number of halogens is 1. The number of imidazole rings is 1. The fourth-order valence-corrected chi connectivity index (χ4v) is 3.98. The Hall–Kier alpha value is -2.58. The zero-order chi connectivity index (χ0) is 19.6. The summed E-state index contributed by atoms with van der Waals surface area (Å²) in [5.74, 6) is 0.0916. The van der Waals surface area contributed by atoms with E-state index in [-0.39, 0.29) is 23.0 Å². The molecule has 3 aromatic rings. The lowest BCUT2D eigenvalue weighted by molar-refractivity contribution is 0.0943. The quantitative estimate of drug-likeness (QED) is 0.677. The van der Waals surface area contributed by atoms with Gasteiger partial charge in [0.1, 0.15) is 5.75 Å². The molecule has 0 saturated heterocycles. The average Bonchev–Trinajstić information content (AvgIpc) is 2.97. The Balaban J connectivity index is 1.67. The molecule has 7 nitrogen and oxygen atoms in total. The van der Waals surface area contributed by atoms with Crippen LogP contribution in [0.4, 0.5) is 0 Å². The van der Waals surface area contributed by atoms with Crippen LogP contribution in [0.1, 0.15) is 10.6 Å². The van der Waals surface area contributed by atoms with Crippen LogP contribution in [-0.4, -0.2) is 43.3 Å². The Morgan fingerprint density at radius 1 is 1.22 bits per heavy atom. The Morgan fingerprint density at radius 2 is 1.93 bits per heavy atom. The summed E-state index contributed by atoms with van der Waals surface area (Å²) >= 11 is 5.95. The lowest BCUT2D eigenvalue weighted by atomic mass is 10.3. The normalized spacial score (nSPS) is 11.5. The highest BCUT2D eigenvalue weighted by Crippen LogP contribution is 2.20. The van der Waals surface area contributed by atoms with E-state index in [0.717, 1.165) is 5.52 Å². The third-order valence-corrected chi connectivity index (χ3v) is 6.09. The van der Waals surface area contributed by atoms with Gasteiger partial charge in [0.2, 0.25) is 0 Å². The van der Waals surface area contributed by atoms with Crippen LogP contribution < -0.4 is 10.1 Å². The number of aryl methyl sites for hydroxylation is 1. The molecule has 0 spiro atoms. The van der Waals surface area contributed by atoms with Crippen molar-refractivity contribution in [2.24, 2.45) is 7.05 Å². The van der Waals surface area contributed by atoms with Gasteiger partial charge in [-0.25, -0.2) is 13.4 Å². The largest absolute Gasteiger partial charge is 0.497 e. The first-order valence-corrected chi connectivity index (χ1v) is 10.1. The second kappa shape index (κ2) is 7.58. The molecule has 1 heterocycles. The van der Waals surface area contributed by atoms with E-state index in [1.54, 1.807) is 41.9 Å². The highest BCUT2D eigenvalue weighted by molar-refractivity contribution is 7.91. The van der Waals surface area contributed by atoms with Crippen LogP contribution in [0.2, 0.25) is 5.02 Å². The van der Waals surface area contributed by atoms with Crippen molar-refractivity contribution in [3.63, 3.8) is 0 Å². The predicted octanol–water partition coefficient (Wildman–Crippen LogP) is 2.44. The van der Waals surface area contributed by atoms with Crippen LogP contribution in [0.3, 0.4) is 0 Å². The highest BCUT2D eigenvalue weighted by Gasteiger charge is 2.18. The number of nitrogens with one attached hydrogen (secondary N) is 1. The third kappa shape index (κ3) is 4.06. The van der Waals surface area contributed by atoms with Gasteiger partial charge in [0.15, 0.2) is 15.7 Å². The number of benzene rings is 2. The van der Waals surface area contributed by atoms with Crippen molar-refractivity contribution in [2.45, 2.75) is 4.90 Å². The van der Waals surface area contributed by atoms with E-state index in [9.17, 15) is 13.2 Å². The SMILES string of the molecule is COc1ccc(S(=O)(=O)CCNC(=O)c2nc3cc(Cl)ccc3n2C)cc1. The standard InChI is InChI=1S/C18H18ClN3O4S/c1-22-16-8-3-12(19)11-15(16)21-17(22)18(23)20-9-10-27(24,25)14-6-4-13(26-2)5-7-14/h3-8,11H,9-10H2,1-2H3,(H,20,23). The van der Waals surface area contributed by atoms with Crippen LogP contribution in [0.5, 0.6) is 5.75 Å². The minimum atomic E-state index is -3.52. The van der Waals surface area contributed by atoms with E-state index in [1.165, 1.54) is 19.2 Å². The average molecular weight is 408 g/mol. The summed E-state index contributed by atoms with van der Waals surface area (Å²) < 4.78 is 31.4. The molecule has 0 aliphatic heterocycles. The van der Waals surface area contributed by atoms with Crippen LogP contribution in [-0.2, 0) is 16.9 Å². The Morgan fingerprint density at radius 3 is 2.59 bits per heavy atom. The monoisotopic (exact) mass is 407 g/mol. The second-order valence-electron chi connectivity index (χ2n) is 5.88. The van der Waals surface area contributed by atoms with Crippen LogP contribution in [0.15, 0.2) is 47.4 Å². The number of amides is 1. The molecule has 3 rings (SSSR count). The number of aromatic nitrogens is 2. The number of fused-ring (bicyclic) bond motifs is 1. The minimum absolute atomic E-state index is 0.0306. The van der Waals surface area contributed by atoms with E-state index >= 15 is 0 Å². The van der Waals surface area contributed by atoms with E-state index in [4.69, 9.17) is 16.3 Å². The molecular weight excluding hydrogens is 390 g/mol. The van der Waals surface area contributed by atoms with Crippen molar-refractivity contribution in [1.29, 1.82) is 0 Å². The van der Waals surface area contributed by atoms with Gasteiger partial charge in [-0.2, -0.15) is 0 Å². The smallest absolute Gasteiger partial charge is 0.287 e. The first-order chi connectivity index (χ1) is 12.8. The maximum absolute atomic E-state index is 12.4. The summed E-state index contributed by atoms with van der Waals surface area (Å²) in [5.41, 5.74) is 1.36. The van der Waals surface area contributed by atoms with E-state index in [0.29, 0.717) is 16.3 Å². The first-order valence-electron chi connectivity index (χ1n) is 8.09. The molecule has 0 fully saturated rings. The molecule has 0 atom stereocenters.